The highest BCUT2D eigenvalue weighted by molar-refractivity contribution is 5.28. The van der Waals surface area contributed by atoms with Crippen LogP contribution in [0, 0.1) is 5.92 Å². The van der Waals surface area contributed by atoms with Crippen LogP contribution < -0.4 is 0 Å². The quantitative estimate of drug-likeness (QED) is 0.681. The molecule has 1 atom stereocenters. The monoisotopic (exact) mass is 224 g/mol. The molecule has 2 N–H and O–H groups in total. The lowest BCUT2D eigenvalue weighted by molar-refractivity contribution is 0.246. The van der Waals surface area contributed by atoms with E-state index in [0.29, 0.717) is 5.92 Å². The molecule has 2 heteroatoms. The topological polar surface area (TPSA) is 40.5 Å². The summed E-state index contributed by atoms with van der Waals surface area (Å²) in [5.41, 5.74) is 2.97. The van der Waals surface area contributed by atoms with Crippen LogP contribution in [0.15, 0.2) is 23.3 Å². The number of aliphatic hydroxyl groups is 2. The van der Waals surface area contributed by atoms with Crippen molar-refractivity contribution >= 4 is 0 Å². The molecule has 0 fully saturated rings. The normalized spacial score (nSPS) is 21.3. The maximum Gasteiger partial charge on any atom is 0.0494 e. The highest BCUT2D eigenvalue weighted by Gasteiger charge is 2.11. The number of unbranched alkanes of at least 4 members (excludes halogenated alkanes) is 1. The minimum Gasteiger partial charge on any atom is -0.396 e. The van der Waals surface area contributed by atoms with Gasteiger partial charge in [0.05, 0.1) is 0 Å². The van der Waals surface area contributed by atoms with Crippen LogP contribution in [0.4, 0.5) is 0 Å². The third-order valence-corrected chi connectivity index (χ3v) is 3.36. The summed E-state index contributed by atoms with van der Waals surface area (Å²) < 4.78 is 0. The van der Waals surface area contributed by atoms with Crippen LogP contribution >= 0.6 is 0 Å². The van der Waals surface area contributed by atoms with Gasteiger partial charge < -0.3 is 10.2 Å². The standard InChI is InChI=1S/C14H24O2/c1-2-13-8-6-12(11-16)7-9-14(13)5-3-4-10-15/h7,9,12,15-16H,2-6,8,10-11H2,1H3. The first kappa shape index (κ1) is 13.5. The van der Waals surface area contributed by atoms with Crippen LogP contribution in [-0.2, 0) is 0 Å². The van der Waals surface area contributed by atoms with Crippen molar-refractivity contribution in [2.45, 2.75) is 45.4 Å². The predicted octanol–water partition coefficient (Wildman–Crippen LogP) is 2.81. The lowest BCUT2D eigenvalue weighted by Crippen LogP contribution is -2.01. The van der Waals surface area contributed by atoms with Gasteiger partial charge in [0.1, 0.15) is 0 Å². The van der Waals surface area contributed by atoms with E-state index in [9.17, 15) is 5.11 Å². The summed E-state index contributed by atoms with van der Waals surface area (Å²) in [6.07, 6.45) is 10.7. The highest BCUT2D eigenvalue weighted by Crippen LogP contribution is 2.27. The van der Waals surface area contributed by atoms with Gasteiger partial charge in [0.25, 0.3) is 0 Å². The van der Waals surface area contributed by atoms with E-state index in [1.165, 1.54) is 11.1 Å². The van der Waals surface area contributed by atoms with Crippen LogP contribution in [0.1, 0.15) is 45.4 Å². The molecule has 0 aromatic rings. The highest BCUT2D eigenvalue weighted by atomic mass is 16.3. The number of hydrogen-bond donors (Lipinski definition) is 2. The zero-order valence-electron chi connectivity index (χ0n) is 10.3. The fourth-order valence-corrected chi connectivity index (χ4v) is 2.23. The smallest absolute Gasteiger partial charge is 0.0494 e. The molecule has 0 heterocycles. The molecule has 0 amide bonds. The van der Waals surface area contributed by atoms with Gasteiger partial charge in [0.15, 0.2) is 0 Å². The molecule has 0 bridgehead atoms. The second-order valence-electron chi connectivity index (χ2n) is 4.50. The van der Waals surface area contributed by atoms with Crippen LogP contribution in [-0.4, -0.2) is 23.4 Å². The summed E-state index contributed by atoms with van der Waals surface area (Å²) in [5.74, 6) is 0.330. The Morgan fingerprint density at radius 2 is 2.12 bits per heavy atom. The van der Waals surface area contributed by atoms with Gasteiger partial charge in [-0.25, -0.2) is 0 Å². The molecule has 92 valence electrons. The molecule has 2 nitrogen and oxygen atoms in total. The predicted molar refractivity (Wildman–Crippen MR) is 67.2 cm³/mol. The Labute approximate surface area is 98.7 Å². The Kier molecular flexibility index (Phi) is 6.43. The van der Waals surface area contributed by atoms with Gasteiger partial charge in [-0.05, 0) is 44.1 Å². The summed E-state index contributed by atoms with van der Waals surface area (Å²) in [7, 11) is 0. The Morgan fingerprint density at radius 1 is 1.31 bits per heavy atom. The second-order valence-corrected chi connectivity index (χ2v) is 4.50. The summed E-state index contributed by atoms with van der Waals surface area (Å²) in [5, 5.41) is 18.0. The first-order chi connectivity index (χ1) is 7.81. The minimum absolute atomic E-state index is 0.261. The number of rotatable bonds is 6. The average molecular weight is 224 g/mol. The average Bonchev–Trinajstić information content (AvgIpc) is 2.51. The van der Waals surface area contributed by atoms with Crippen LogP contribution in [0.25, 0.3) is 0 Å². The third kappa shape index (κ3) is 4.11. The largest absolute Gasteiger partial charge is 0.396 e. The minimum atomic E-state index is 0.261. The molecular formula is C14H24O2. The van der Waals surface area contributed by atoms with E-state index < -0.39 is 0 Å². The van der Waals surface area contributed by atoms with Crippen molar-refractivity contribution in [2.24, 2.45) is 5.92 Å². The molecule has 1 aliphatic rings. The van der Waals surface area contributed by atoms with Crippen LogP contribution in [0.5, 0.6) is 0 Å². The lowest BCUT2D eigenvalue weighted by Gasteiger charge is -2.09. The molecule has 0 aliphatic heterocycles. The van der Waals surface area contributed by atoms with Crippen molar-refractivity contribution < 1.29 is 10.2 Å². The van der Waals surface area contributed by atoms with Crippen molar-refractivity contribution in [1.82, 2.24) is 0 Å². The van der Waals surface area contributed by atoms with Gasteiger partial charge in [0, 0.05) is 19.1 Å². The zero-order valence-corrected chi connectivity index (χ0v) is 10.3. The summed E-state index contributed by atoms with van der Waals surface area (Å²) in [6, 6.07) is 0. The van der Waals surface area contributed by atoms with E-state index in [1.54, 1.807) is 0 Å². The molecule has 0 saturated carbocycles. The number of hydrogen-bond acceptors (Lipinski definition) is 2. The fraction of sp³-hybridized carbons (Fsp3) is 0.714. The second kappa shape index (κ2) is 7.64. The van der Waals surface area contributed by atoms with Gasteiger partial charge in [-0.2, -0.15) is 0 Å². The van der Waals surface area contributed by atoms with E-state index in [4.69, 9.17) is 5.11 Å². The maximum absolute atomic E-state index is 9.17. The van der Waals surface area contributed by atoms with Crippen molar-refractivity contribution in [1.29, 1.82) is 0 Å². The Bertz CT molecular complexity index is 253. The Balaban J connectivity index is 2.60. The molecule has 1 unspecified atom stereocenters. The molecule has 0 aromatic heterocycles. The van der Waals surface area contributed by atoms with Gasteiger partial charge >= 0.3 is 0 Å². The first-order valence-electron chi connectivity index (χ1n) is 6.42. The zero-order chi connectivity index (χ0) is 11.8. The number of aliphatic hydroxyl groups excluding tert-OH is 2. The van der Waals surface area contributed by atoms with Crippen molar-refractivity contribution in [3.8, 4) is 0 Å². The lowest BCUT2D eigenvalue weighted by atomic mass is 9.97. The first-order valence-corrected chi connectivity index (χ1v) is 6.42. The summed E-state index contributed by atoms with van der Waals surface area (Å²) >= 11 is 0. The molecule has 1 rings (SSSR count). The molecule has 0 radical (unpaired) electrons. The van der Waals surface area contributed by atoms with Gasteiger partial charge in [-0.15, -0.1) is 0 Å². The van der Waals surface area contributed by atoms with E-state index in [0.717, 1.165) is 38.5 Å². The van der Waals surface area contributed by atoms with E-state index >= 15 is 0 Å². The molecule has 1 aliphatic carbocycles. The van der Waals surface area contributed by atoms with Crippen LogP contribution in [0.2, 0.25) is 0 Å². The Hall–Kier alpha value is -0.600. The number of allylic oxidation sites excluding steroid dienone is 3. The van der Waals surface area contributed by atoms with Crippen molar-refractivity contribution in [3.63, 3.8) is 0 Å². The van der Waals surface area contributed by atoms with Crippen molar-refractivity contribution in [3.05, 3.63) is 23.3 Å². The van der Waals surface area contributed by atoms with Gasteiger partial charge in [-0.1, -0.05) is 24.6 Å². The van der Waals surface area contributed by atoms with Gasteiger partial charge in [-0.3, -0.25) is 0 Å². The summed E-state index contributed by atoms with van der Waals surface area (Å²) in [4.78, 5) is 0. The maximum atomic E-state index is 9.17. The van der Waals surface area contributed by atoms with Crippen molar-refractivity contribution in [2.75, 3.05) is 13.2 Å². The Morgan fingerprint density at radius 3 is 2.75 bits per heavy atom. The SMILES string of the molecule is CCC1=C(CCCCO)C=CC(CO)CC1. The molecular weight excluding hydrogens is 200 g/mol. The van der Waals surface area contributed by atoms with Gasteiger partial charge in [0.2, 0.25) is 0 Å². The summed E-state index contributed by atoms with van der Waals surface area (Å²) in [6.45, 7) is 2.75. The van der Waals surface area contributed by atoms with E-state index in [1.807, 2.05) is 0 Å². The van der Waals surface area contributed by atoms with E-state index in [2.05, 4.69) is 19.1 Å². The molecule has 16 heavy (non-hydrogen) atoms. The molecule has 0 saturated heterocycles. The molecule has 0 spiro atoms. The fourth-order valence-electron chi connectivity index (χ4n) is 2.23. The molecule has 0 aromatic carbocycles. The third-order valence-electron chi connectivity index (χ3n) is 3.36. The van der Waals surface area contributed by atoms with Crippen LogP contribution in [0.3, 0.4) is 0 Å². The van der Waals surface area contributed by atoms with E-state index in [-0.39, 0.29) is 13.2 Å².